The molecule has 1 aliphatic rings. The normalized spacial score (nSPS) is 16.5. The van der Waals surface area contributed by atoms with Gasteiger partial charge in [0, 0.05) is 29.0 Å². The molecule has 3 aromatic rings. The van der Waals surface area contributed by atoms with Crippen molar-refractivity contribution in [1.82, 2.24) is 9.88 Å². The second-order valence-electron chi connectivity index (χ2n) is 7.38. The Kier molecular flexibility index (Phi) is 6.74. The van der Waals surface area contributed by atoms with Crippen molar-refractivity contribution in [3.05, 3.63) is 63.3 Å². The predicted molar refractivity (Wildman–Crippen MR) is 115 cm³/mol. The smallest absolute Gasteiger partial charge is 0.376 e. The molecule has 1 amide bonds. The van der Waals surface area contributed by atoms with Crippen molar-refractivity contribution in [2.24, 2.45) is 0 Å². The summed E-state index contributed by atoms with van der Waals surface area (Å²) in [5.74, 6) is -0.0341. The number of thiophene rings is 1. The summed E-state index contributed by atoms with van der Waals surface area (Å²) in [6, 6.07) is 8.89. The minimum absolute atomic E-state index is 0.0341. The number of nitrogens with zero attached hydrogens (tertiary/aromatic N) is 2. The number of thiazole rings is 1. The van der Waals surface area contributed by atoms with Crippen molar-refractivity contribution in [2.45, 2.75) is 38.1 Å². The summed E-state index contributed by atoms with van der Waals surface area (Å²) in [7, 11) is 0. The van der Waals surface area contributed by atoms with Gasteiger partial charge >= 0.3 is 6.18 Å². The number of amides is 1. The summed E-state index contributed by atoms with van der Waals surface area (Å²) in [5, 5.41) is 4.38. The van der Waals surface area contributed by atoms with Gasteiger partial charge in [0.1, 0.15) is 5.01 Å². The van der Waals surface area contributed by atoms with Crippen LogP contribution in [-0.4, -0.2) is 35.0 Å². The Hall–Kier alpha value is -2.23. The molecule has 2 aromatic heterocycles. The van der Waals surface area contributed by atoms with Crippen LogP contribution in [0.2, 0.25) is 0 Å². The third-order valence-corrected chi connectivity index (χ3v) is 6.87. The zero-order valence-electron chi connectivity index (χ0n) is 16.6. The highest BCUT2D eigenvalue weighted by Crippen LogP contribution is 2.32. The number of aromatic nitrogens is 1. The van der Waals surface area contributed by atoms with Crippen LogP contribution in [0.4, 0.5) is 13.2 Å². The Bertz CT molecular complexity index is 995. The number of hydrogen-bond donors (Lipinski definition) is 0. The molecule has 0 radical (unpaired) electrons. The van der Waals surface area contributed by atoms with Gasteiger partial charge < -0.3 is 9.64 Å². The highest BCUT2D eigenvalue weighted by molar-refractivity contribution is 7.13. The fraction of sp³-hybridized carbons (Fsp3) is 0.364. The molecule has 0 saturated carbocycles. The molecule has 31 heavy (non-hydrogen) atoms. The predicted octanol–water partition coefficient (Wildman–Crippen LogP) is 5.64. The lowest BCUT2D eigenvalue weighted by Crippen LogP contribution is -2.37. The maximum Gasteiger partial charge on any atom is 0.416 e. The van der Waals surface area contributed by atoms with E-state index in [1.807, 2.05) is 22.4 Å². The Balaban J connectivity index is 1.44. The average molecular weight is 467 g/mol. The minimum atomic E-state index is -4.37. The van der Waals surface area contributed by atoms with E-state index in [1.54, 1.807) is 16.7 Å². The monoisotopic (exact) mass is 466 g/mol. The number of rotatable bonds is 7. The molecule has 0 aliphatic carbocycles. The summed E-state index contributed by atoms with van der Waals surface area (Å²) < 4.78 is 44.0. The first-order chi connectivity index (χ1) is 14.9. The van der Waals surface area contributed by atoms with Gasteiger partial charge in [-0.05, 0) is 36.4 Å². The highest BCUT2D eigenvalue weighted by atomic mass is 32.1. The molecule has 0 spiro atoms. The molecule has 1 atom stereocenters. The zero-order chi connectivity index (χ0) is 21.8. The molecular weight excluding hydrogens is 445 g/mol. The van der Waals surface area contributed by atoms with Gasteiger partial charge in [-0.25, -0.2) is 4.98 Å². The van der Waals surface area contributed by atoms with Gasteiger partial charge in [-0.3, -0.25) is 4.79 Å². The topological polar surface area (TPSA) is 42.4 Å². The molecule has 4 nitrogen and oxygen atoms in total. The SMILES string of the molecule is O=C(Cc1csc(-c2ccc(C(F)(F)F)cc2)n1)N(Cc1cccs1)CC1CCCO1. The molecule has 4 rings (SSSR count). The van der Waals surface area contributed by atoms with Crippen molar-refractivity contribution < 1.29 is 22.7 Å². The lowest BCUT2D eigenvalue weighted by atomic mass is 10.1. The molecule has 1 aromatic carbocycles. The molecule has 164 valence electrons. The molecule has 1 fully saturated rings. The van der Waals surface area contributed by atoms with Crippen LogP contribution in [0.5, 0.6) is 0 Å². The fourth-order valence-electron chi connectivity index (χ4n) is 3.47. The molecule has 9 heteroatoms. The highest BCUT2D eigenvalue weighted by Gasteiger charge is 2.30. The molecule has 1 saturated heterocycles. The lowest BCUT2D eigenvalue weighted by Gasteiger charge is -2.25. The van der Waals surface area contributed by atoms with E-state index in [0.29, 0.717) is 29.4 Å². The number of alkyl halides is 3. The van der Waals surface area contributed by atoms with E-state index in [0.717, 1.165) is 36.5 Å². The summed E-state index contributed by atoms with van der Waals surface area (Å²) in [5.41, 5.74) is 0.529. The van der Waals surface area contributed by atoms with Gasteiger partial charge in [-0.1, -0.05) is 18.2 Å². The van der Waals surface area contributed by atoms with Crippen LogP contribution >= 0.6 is 22.7 Å². The van der Waals surface area contributed by atoms with Crippen LogP contribution < -0.4 is 0 Å². The van der Waals surface area contributed by atoms with Crippen LogP contribution in [0.3, 0.4) is 0 Å². The van der Waals surface area contributed by atoms with Gasteiger partial charge in [0.15, 0.2) is 0 Å². The van der Waals surface area contributed by atoms with Crippen molar-refractivity contribution in [2.75, 3.05) is 13.2 Å². The summed E-state index contributed by atoms with van der Waals surface area (Å²) >= 11 is 2.93. The maximum absolute atomic E-state index is 13.0. The van der Waals surface area contributed by atoms with Gasteiger partial charge in [0.05, 0.1) is 30.3 Å². The van der Waals surface area contributed by atoms with Crippen molar-refractivity contribution in [3.8, 4) is 10.6 Å². The van der Waals surface area contributed by atoms with Gasteiger partial charge in [0.2, 0.25) is 5.91 Å². The largest absolute Gasteiger partial charge is 0.416 e. The summed E-state index contributed by atoms with van der Waals surface area (Å²) in [4.78, 5) is 20.5. The first-order valence-corrected chi connectivity index (χ1v) is 11.7. The van der Waals surface area contributed by atoms with Crippen molar-refractivity contribution in [3.63, 3.8) is 0 Å². The van der Waals surface area contributed by atoms with Crippen molar-refractivity contribution in [1.29, 1.82) is 0 Å². The van der Waals surface area contributed by atoms with E-state index in [9.17, 15) is 18.0 Å². The van der Waals surface area contributed by atoms with E-state index in [2.05, 4.69) is 4.98 Å². The van der Waals surface area contributed by atoms with Gasteiger partial charge in [-0.15, -0.1) is 22.7 Å². The number of benzene rings is 1. The molecule has 1 aliphatic heterocycles. The Morgan fingerprint density at radius 1 is 1.19 bits per heavy atom. The Labute approximate surface area is 186 Å². The molecule has 0 bridgehead atoms. The summed E-state index contributed by atoms with van der Waals surface area (Å²) in [6.07, 6.45) is -2.21. The molecule has 3 heterocycles. The lowest BCUT2D eigenvalue weighted by molar-refractivity contribution is -0.137. The van der Waals surface area contributed by atoms with Crippen LogP contribution in [0, 0.1) is 0 Å². The number of hydrogen-bond acceptors (Lipinski definition) is 5. The third-order valence-electron chi connectivity index (χ3n) is 5.07. The standard InChI is InChI=1S/C22H21F3N2O2S2/c23-22(24,25)16-7-5-15(6-8-16)21-26-17(14-31-21)11-20(28)27(12-18-3-1-9-29-18)13-19-4-2-10-30-19/h2,4-8,10,14,18H,1,3,9,11-13H2. The molecular formula is C22H21F3N2O2S2. The number of carbonyl (C=O) groups is 1. The van der Waals surface area contributed by atoms with E-state index in [1.165, 1.54) is 23.5 Å². The van der Waals surface area contributed by atoms with Crippen LogP contribution in [0.15, 0.2) is 47.2 Å². The van der Waals surface area contributed by atoms with Crippen LogP contribution in [-0.2, 0) is 28.7 Å². The average Bonchev–Trinajstić information content (AvgIpc) is 3.50. The van der Waals surface area contributed by atoms with E-state index >= 15 is 0 Å². The number of halogens is 3. The van der Waals surface area contributed by atoms with Gasteiger partial charge in [0.25, 0.3) is 0 Å². The first-order valence-electron chi connectivity index (χ1n) is 9.92. The number of carbonyl (C=O) groups excluding carboxylic acids is 1. The number of ether oxygens (including phenoxy) is 1. The molecule has 0 N–H and O–H groups in total. The Morgan fingerprint density at radius 2 is 2.00 bits per heavy atom. The third kappa shape index (κ3) is 5.72. The van der Waals surface area contributed by atoms with Crippen LogP contribution in [0.1, 0.15) is 29.0 Å². The first kappa shape index (κ1) is 22.0. The summed E-state index contributed by atoms with van der Waals surface area (Å²) in [6.45, 7) is 1.81. The second kappa shape index (κ2) is 9.50. The van der Waals surface area contributed by atoms with Gasteiger partial charge in [-0.2, -0.15) is 13.2 Å². The quantitative estimate of drug-likeness (QED) is 0.453. The Morgan fingerprint density at radius 3 is 2.65 bits per heavy atom. The fourth-order valence-corrected chi connectivity index (χ4v) is 5.01. The maximum atomic E-state index is 13.0. The second-order valence-corrected chi connectivity index (χ2v) is 9.27. The minimum Gasteiger partial charge on any atom is -0.376 e. The molecule has 1 unspecified atom stereocenters. The van der Waals surface area contributed by atoms with E-state index < -0.39 is 11.7 Å². The van der Waals surface area contributed by atoms with E-state index in [-0.39, 0.29) is 18.4 Å². The zero-order valence-corrected chi connectivity index (χ0v) is 18.2. The van der Waals surface area contributed by atoms with E-state index in [4.69, 9.17) is 4.74 Å². The van der Waals surface area contributed by atoms with Crippen molar-refractivity contribution >= 4 is 28.6 Å². The van der Waals surface area contributed by atoms with Crippen LogP contribution in [0.25, 0.3) is 10.6 Å².